The van der Waals surface area contributed by atoms with Crippen LogP contribution in [0.15, 0.2) is 16.6 Å². The summed E-state index contributed by atoms with van der Waals surface area (Å²) in [4.78, 5) is 0. The fourth-order valence-corrected chi connectivity index (χ4v) is 2.45. The number of benzene rings is 1. The number of nitrogens with two attached hydrogens (primary N) is 1. The summed E-state index contributed by atoms with van der Waals surface area (Å²) < 4.78 is 19.3. The zero-order valence-electron chi connectivity index (χ0n) is 12.3. The van der Waals surface area contributed by atoms with Crippen molar-refractivity contribution in [1.82, 2.24) is 0 Å². The van der Waals surface area contributed by atoms with E-state index in [1.807, 2.05) is 0 Å². The van der Waals surface area contributed by atoms with Crippen molar-refractivity contribution in [2.75, 3.05) is 12.3 Å². The third kappa shape index (κ3) is 6.60. The molecule has 0 saturated carbocycles. The molecule has 1 aromatic carbocycles. The molecule has 20 heavy (non-hydrogen) atoms. The van der Waals surface area contributed by atoms with Crippen LogP contribution in [0.4, 0.5) is 10.1 Å². The molecule has 0 saturated heterocycles. The third-order valence-corrected chi connectivity index (χ3v) is 3.92. The first kappa shape index (κ1) is 17.3. The Morgan fingerprint density at radius 2 is 1.65 bits per heavy atom. The highest BCUT2D eigenvalue weighted by molar-refractivity contribution is 9.10. The lowest BCUT2D eigenvalue weighted by atomic mass is 10.1. The summed E-state index contributed by atoms with van der Waals surface area (Å²) in [5.41, 5.74) is 6.25. The van der Waals surface area contributed by atoms with Crippen LogP contribution in [0.1, 0.15) is 58.3 Å². The quantitative estimate of drug-likeness (QED) is 0.436. The molecule has 0 aliphatic heterocycles. The van der Waals surface area contributed by atoms with E-state index in [0.717, 1.165) is 12.8 Å². The lowest BCUT2D eigenvalue weighted by Gasteiger charge is -2.09. The molecular formula is C16H25BrFNO. The summed E-state index contributed by atoms with van der Waals surface area (Å²) in [7, 11) is 0. The average Bonchev–Trinajstić information content (AvgIpc) is 2.42. The molecule has 0 bridgehead atoms. The Kier molecular flexibility index (Phi) is 8.67. The second-order valence-corrected chi connectivity index (χ2v) is 5.98. The van der Waals surface area contributed by atoms with E-state index < -0.39 is 0 Å². The van der Waals surface area contributed by atoms with Gasteiger partial charge in [-0.2, -0.15) is 0 Å². The van der Waals surface area contributed by atoms with Crippen molar-refractivity contribution < 1.29 is 9.13 Å². The van der Waals surface area contributed by atoms with Gasteiger partial charge in [0.25, 0.3) is 0 Å². The van der Waals surface area contributed by atoms with Gasteiger partial charge in [0, 0.05) is 6.07 Å². The number of anilines is 1. The number of hydrogen-bond donors (Lipinski definition) is 1. The van der Waals surface area contributed by atoms with Crippen LogP contribution < -0.4 is 10.5 Å². The highest BCUT2D eigenvalue weighted by atomic mass is 79.9. The number of ether oxygens (including phenoxy) is 1. The Morgan fingerprint density at radius 3 is 2.30 bits per heavy atom. The molecule has 0 radical (unpaired) electrons. The van der Waals surface area contributed by atoms with Crippen LogP contribution in [0.25, 0.3) is 0 Å². The minimum Gasteiger partial charge on any atom is -0.491 e. The Morgan fingerprint density at radius 1 is 1.05 bits per heavy atom. The van der Waals surface area contributed by atoms with Gasteiger partial charge in [-0.15, -0.1) is 0 Å². The van der Waals surface area contributed by atoms with Crippen LogP contribution in [0, 0.1) is 5.82 Å². The first-order valence-electron chi connectivity index (χ1n) is 7.52. The number of nitrogen functional groups attached to an aromatic ring is 1. The SMILES string of the molecule is CCCCCCCCCCOc1cc(F)c(Br)cc1N. The molecule has 0 amide bonds. The highest BCUT2D eigenvalue weighted by Crippen LogP contribution is 2.28. The molecule has 114 valence electrons. The summed E-state index contributed by atoms with van der Waals surface area (Å²) in [5.74, 6) is 0.0961. The van der Waals surface area contributed by atoms with Gasteiger partial charge >= 0.3 is 0 Å². The highest BCUT2D eigenvalue weighted by Gasteiger charge is 2.06. The molecule has 0 aliphatic carbocycles. The molecule has 0 aliphatic rings. The van der Waals surface area contributed by atoms with Gasteiger partial charge in [-0.3, -0.25) is 0 Å². The van der Waals surface area contributed by atoms with Gasteiger partial charge in [0.2, 0.25) is 0 Å². The summed E-state index contributed by atoms with van der Waals surface area (Å²) in [5, 5.41) is 0. The second kappa shape index (κ2) is 10.0. The van der Waals surface area contributed by atoms with E-state index in [4.69, 9.17) is 10.5 Å². The third-order valence-electron chi connectivity index (χ3n) is 3.31. The zero-order chi connectivity index (χ0) is 14.8. The largest absolute Gasteiger partial charge is 0.491 e. The first-order valence-corrected chi connectivity index (χ1v) is 8.31. The van der Waals surface area contributed by atoms with Gasteiger partial charge in [0.1, 0.15) is 11.6 Å². The second-order valence-electron chi connectivity index (χ2n) is 5.13. The van der Waals surface area contributed by atoms with E-state index in [9.17, 15) is 4.39 Å². The molecule has 2 N–H and O–H groups in total. The predicted octanol–water partition coefficient (Wildman–Crippen LogP) is 5.69. The van der Waals surface area contributed by atoms with Crippen LogP contribution in [0.2, 0.25) is 0 Å². The Hall–Kier alpha value is -0.770. The van der Waals surface area contributed by atoms with Crippen LogP contribution in [-0.2, 0) is 0 Å². The van der Waals surface area contributed by atoms with Gasteiger partial charge in [0.05, 0.1) is 16.8 Å². The first-order chi connectivity index (χ1) is 9.65. The molecule has 2 nitrogen and oxygen atoms in total. The summed E-state index contributed by atoms with van der Waals surface area (Å²) in [6.07, 6.45) is 10.0. The molecule has 0 heterocycles. The van der Waals surface area contributed by atoms with Gasteiger partial charge in [0.15, 0.2) is 0 Å². The Labute approximate surface area is 130 Å². The van der Waals surface area contributed by atoms with Crippen LogP contribution in [0.3, 0.4) is 0 Å². The Balaban J connectivity index is 2.11. The van der Waals surface area contributed by atoms with Gasteiger partial charge < -0.3 is 10.5 Å². The maximum Gasteiger partial charge on any atom is 0.145 e. The van der Waals surface area contributed by atoms with E-state index in [1.54, 1.807) is 6.07 Å². The van der Waals surface area contributed by atoms with E-state index in [0.29, 0.717) is 22.5 Å². The molecule has 0 atom stereocenters. The molecule has 0 spiro atoms. The summed E-state index contributed by atoms with van der Waals surface area (Å²) >= 11 is 3.10. The maximum atomic E-state index is 13.4. The van der Waals surface area contributed by atoms with Gasteiger partial charge in [-0.1, -0.05) is 51.9 Å². The van der Waals surface area contributed by atoms with Crippen LogP contribution in [-0.4, -0.2) is 6.61 Å². The maximum absolute atomic E-state index is 13.4. The molecule has 0 fully saturated rings. The van der Waals surface area contributed by atoms with E-state index in [1.165, 1.54) is 44.6 Å². The molecule has 4 heteroatoms. The zero-order valence-corrected chi connectivity index (χ0v) is 13.8. The number of rotatable bonds is 10. The van der Waals surface area contributed by atoms with Crippen molar-refractivity contribution in [3.8, 4) is 5.75 Å². The molecule has 0 aromatic heterocycles. The van der Waals surface area contributed by atoms with Crippen LogP contribution >= 0.6 is 15.9 Å². The number of halogens is 2. The van der Waals surface area contributed by atoms with Crippen molar-refractivity contribution in [2.45, 2.75) is 58.3 Å². The van der Waals surface area contributed by atoms with E-state index >= 15 is 0 Å². The standard InChI is InChI=1S/C16H25BrFNO/c1-2-3-4-5-6-7-8-9-10-20-16-12-14(18)13(17)11-15(16)19/h11-12H,2-10,19H2,1H3. The van der Waals surface area contributed by atoms with Crippen molar-refractivity contribution in [1.29, 1.82) is 0 Å². The molecule has 0 unspecified atom stereocenters. The van der Waals surface area contributed by atoms with E-state index in [-0.39, 0.29) is 5.82 Å². The Bertz CT molecular complexity index is 398. The smallest absolute Gasteiger partial charge is 0.145 e. The normalized spacial score (nSPS) is 10.8. The minimum absolute atomic E-state index is 0.342. The fraction of sp³-hybridized carbons (Fsp3) is 0.625. The lowest BCUT2D eigenvalue weighted by Crippen LogP contribution is -2.01. The van der Waals surface area contributed by atoms with E-state index in [2.05, 4.69) is 22.9 Å². The fourth-order valence-electron chi connectivity index (χ4n) is 2.09. The molecular weight excluding hydrogens is 321 g/mol. The average molecular weight is 346 g/mol. The van der Waals surface area contributed by atoms with Crippen molar-refractivity contribution in [3.63, 3.8) is 0 Å². The topological polar surface area (TPSA) is 35.2 Å². The van der Waals surface area contributed by atoms with Gasteiger partial charge in [-0.05, 0) is 28.4 Å². The number of unbranched alkanes of at least 4 members (excludes halogenated alkanes) is 7. The lowest BCUT2D eigenvalue weighted by molar-refractivity contribution is 0.304. The van der Waals surface area contributed by atoms with Gasteiger partial charge in [-0.25, -0.2) is 4.39 Å². The minimum atomic E-state index is -0.342. The summed E-state index contributed by atoms with van der Waals surface area (Å²) in [6.45, 7) is 2.83. The molecule has 1 rings (SSSR count). The predicted molar refractivity (Wildman–Crippen MR) is 86.6 cm³/mol. The van der Waals surface area contributed by atoms with Crippen molar-refractivity contribution in [3.05, 3.63) is 22.4 Å². The monoisotopic (exact) mass is 345 g/mol. The number of hydrogen-bond acceptors (Lipinski definition) is 2. The molecule has 1 aromatic rings. The van der Waals surface area contributed by atoms with Crippen molar-refractivity contribution in [2.24, 2.45) is 0 Å². The van der Waals surface area contributed by atoms with Crippen LogP contribution in [0.5, 0.6) is 5.75 Å². The van der Waals surface area contributed by atoms with Crippen molar-refractivity contribution >= 4 is 21.6 Å². The summed E-state index contributed by atoms with van der Waals surface area (Å²) in [6, 6.07) is 2.88.